The zero-order valence-corrected chi connectivity index (χ0v) is 13.2. The van der Waals surface area contributed by atoms with Gasteiger partial charge in [0, 0.05) is 5.69 Å². The summed E-state index contributed by atoms with van der Waals surface area (Å²) in [5.41, 5.74) is 0.525. The number of carbonyl (C=O) groups excluding carboxylic acids is 1. The van der Waals surface area contributed by atoms with Crippen molar-refractivity contribution >= 4 is 22.4 Å². The molecule has 7 nitrogen and oxygen atoms in total. The first-order valence-corrected chi connectivity index (χ1v) is 7.56. The van der Waals surface area contributed by atoms with E-state index in [4.69, 9.17) is 5.26 Å². The van der Waals surface area contributed by atoms with Gasteiger partial charge in [-0.25, -0.2) is 4.68 Å². The van der Waals surface area contributed by atoms with Crippen LogP contribution in [0.1, 0.15) is 5.56 Å². The third-order valence-corrected chi connectivity index (χ3v) is 3.71. The maximum atomic E-state index is 12.4. The molecule has 1 amide bonds. The molecule has 0 aliphatic carbocycles. The molecule has 124 valence electrons. The van der Waals surface area contributed by atoms with Gasteiger partial charge in [-0.1, -0.05) is 24.3 Å². The van der Waals surface area contributed by atoms with E-state index in [0.717, 1.165) is 10.2 Å². The molecule has 0 spiro atoms. The van der Waals surface area contributed by atoms with Crippen LogP contribution in [0.15, 0.2) is 58.1 Å². The van der Waals surface area contributed by atoms with E-state index >= 15 is 0 Å². The fraction of sp³-hybridized carbons (Fsp3) is 0.111. The van der Waals surface area contributed by atoms with Gasteiger partial charge < -0.3 is 5.32 Å². The molecule has 0 saturated carbocycles. The lowest BCUT2D eigenvalue weighted by molar-refractivity contribution is -0.117. The second kappa shape index (κ2) is 6.84. The molecule has 7 heteroatoms. The van der Waals surface area contributed by atoms with E-state index in [-0.39, 0.29) is 17.3 Å². The van der Waals surface area contributed by atoms with Gasteiger partial charge in [0.2, 0.25) is 5.91 Å². The van der Waals surface area contributed by atoms with E-state index < -0.39 is 17.0 Å². The van der Waals surface area contributed by atoms with Gasteiger partial charge in [0.25, 0.3) is 11.1 Å². The van der Waals surface area contributed by atoms with Gasteiger partial charge in [0.1, 0.15) is 6.54 Å². The van der Waals surface area contributed by atoms with Crippen LogP contribution in [0.2, 0.25) is 0 Å². The highest BCUT2D eigenvalue weighted by molar-refractivity contribution is 5.90. The van der Waals surface area contributed by atoms with Crippen LogP contribution in [-0.4, -0.2) is 15.7 Å². The Morgan fingerprint density at radius 1 is 1.08 bits per heavy atom. The fourth-order valence-corrected chi connectivity index (χ4v) is 2.50. The van der Waals surface area contributed by atoms with Crippen molar-refractivity contribution in [2.75, 3.05) is 5.32 Å². The molecule has 3 aromatic rings. The average Bonchev–Trinajstić information content (AvgIpc) is 2.61. The van der Waals surface area contributed by atoms with E-state index in [1.807, 2.05) is 6.07 Å². The quantitative estimate of drug-likeness (QED) is 0.751. The number of hydrogen-bond donors (Lipinski definition) is 2. The molecule has 0 fully saturated rings. The Morgan fingerprint density at radius 2 is 1.76 bits per heavy atom. The fourth-order valence-electron chi connectivity index (χ4n) is 2.50. The first-order chi connectivity index (χ1) is 12.1. The van der Waals surface area contributed by atoms with Crippen molar-refractivity contribution in [1.29, 1.82) is 5.26 Å². The van der Waals surface area contributed by atoms with Crippen molar-refractivity contribution in [2.24, 2.45) is 0 Å². The average molecular weight is 334 g/mol. The molecule has 0 radical (unpaired) electrons. The maximum absolute atomic E-state index is 12.4. The smallest absolute Gasteiger partial charge is 0.273 e. The minimum absolute atomic E-state index is 0.264. The summed E-state index contributed by atoms with van der Waals surface area (Å²) < 4.78 is 0.990. The van der Waals surface area contributed by atoms with Crippen LogP contribution in [0.4, 0.5) is 5.69 Å². The molecule has 0 atom stereocenters. The lowest BCUT2D eigenvalue weighted by atomic mass is 10.1. The molecule has 0 saturated heterocycles. The summed E-state index contributed by atoms with van der Waals surface area (Å²) in [6, 6.07) is 15.3. The molecular formula is C18H14N4O3. The van der Waals surface area contributed by atoms with Crippen molar-refractivity contribution in [3.05, 3.63) is 74.8 Å². The van der Waals surface area contributed by atoms with Gasteiger partial charge in [-0.3, -0.25) is 19.5 Å². The highest BCUT2D eigenvalue weighted by atomic mass is 16.2. The van der Waals surface area contributed by atoms with Crippen LogP contribution >= 0.6 is 0 Å². The van der Waals surface area contributed by atoms with Gasteiger partial charge in [0.05, 0.1) is 23.3 Å². The summed E-state index contributed by atoms with van der Waals surface area (Å²) in [5.74, 6) is -0.443. The normalized spacial score (nSPS) is 10.4. The minimum Gasteiger partial charge on any atom is -0.324 e. The summed E-state index contributed by atoms with van der Waals surface area (Å²) >= 11 is 0. The Kier molecular flexibility index (Phi) is 4.44. The van der Waals surface area contributed by atoms with Gasteiger partial charge in [-0.05, 0) is 29.8 Å². The number of anilines is 1. The highest BCUT2D eigenvalue weighted by Gasteiger charge is 2.10. The summed E-state index contributed by atoms with van der Waals surface area (Å²) in [7, 11) is 0. The molecule has 1 aromatic heterocycles. The summed E-state index contributed by atoms with van der Waals surface area (Å²) in [5, 5.41) is 14.3. The van der Waals surface area contributed by atoms with Crippen LogP contribution in [0.3, 0.4) is 0 Å². The van der Waals surface area contributed by atoms with Crippen LogP contribution in [-0.2, 0) is 17.8 Å². The molecule has 25 heavy (non-hydrogen) atoms. The zero-order chi connectivity index (χ0) is 17.8. The maximum Gasteiger partial charge on any atom is 0.273 e. The third-order valence-electron chi connectivity index (χ3n) is 3.71. The number of carbonyl (C=O) groups is 1. The van der Waals surface area contributed by atoms with Crippen LogP contribution < -0.4 is 16.4 Å². The predicted octanol–water partition coefficient (Wildman–Crippen LogP) is 1.39. The highest BCUT2D eigenvalue weighted by Crippen LogP contribution is 2.10. The number of nitrogens with zero attached hydrogens (tertiary/aromatic N) is 2. The van der Waals surface area contributed by atoms with Gasteiger partial charge in [0.15, 0.2) is 0 Å². The molecule has 1 heterocycles. The second-order valence-electron chi connectivity index (χ2n) is 5.46. The number of H-pyrrole nitrogens is 1. The van der Waals surface area contributed by atoms with E-state index in [1.54, 1.807) is 48.5 Å². The van der Waals surface area contributed by atoms with Crippen LogP contribution in [0.25, 0.3) is 10.8 Å². The zero-order valence-electron chi connectivity index (χ0n) is 13.2. The van der Waals surface area contributed by atoms with Crippen molar-refractivity contribution < 1.29 is 4.79 Å². The third kappa shape index (κ3) is 3.48. The molecule has 0 bridgehead atoms. The molecule has 0 aliphatic rings. The predicted molar refractivity (Wildman–Crippen MR) is 93.2 cm³/mol. The van der Waals surface area contributed by atoms with Gasteiger partial charge >= 0.3 is 0 Å². The lowest BCUT2D eigenvalue weighted by Crippen LogP contribution is -2.34. The molecule has 0 aliphatic heterocycles. The molecular weight excluding hydrogens is 320 g/mol. The molecule has 2 aromatic carbocycles. The van der Waals surface area contributed by atoms with E-state index in [9.17, 15) is 14.4 Å². The topological polar surface area (TPSA) is 108 Å². The SMILES string of the molecule is N#CCc1ccc(NC(=O)Cn2[nH]c(=O)c3ccccc3c2=O)cc1. The number of amides is 1. The standard InChI is InChI=1S/C18H14N4O3/c19-10-9-12-5-7-13(8-6-12)20-16(23)11-22-18(25)15-4-2-1-3-14(15)17(24)21-22/h1-8H,9,11H2,(H,20,23)(H,21,24). The molecule has 2 N–H and O–H groups in total. The Balaban J connectivity index is 1.80. The lowest BCUT2D eigenvalue weighted by Gasteiger charge is -2.08. The minimum atomic E-state index is -0.443. The first kappa shape index (κ1) is 16.2. The summed E-state index contributed by atoms with van der Waals surface area (Å²) in [4.78, 5) is 36.5. The number of aromatic amines is 1. The van der Waals surface area contributed by atoms with Crippen molar-refractivity contribution in [3.63, 3.8) is 0 Å². The largest absolute Gasteiger partial charge is 0.324 e. The van der Waals surface area contributed by atoms with Gasteiger partial charge in [-0.15, -0.1) is 0 Å². The molecule has 0 unspecified atom stereocenters. The Morgan fingerprint density at radius 3 is 2.44 bits per heavy atom. The van der Waals surface area contributed by atoms with E-state index in [2.05, 4.69) is 10.4 Å². The van der Waals surface area contributed by atoms with Crippen LogP contribution in [0.5, 0.6) is 0 Å². The second-order valence-corrected chi connectivity index (χ2v) is 5.46. The summed E-state index contributed by atoms with van der Waals surface area (Å²) in [6.45, 7) is -0.307. The Hall–Kier alpha value is -3.66. The Labute approximate surface area is 142 Å². The van der Waals surface area contributed by atoms with E-state index in [0.29, 0.717) is 12.1 Å². The number of aromatic nitrogens is 2. The number of nitriles is 1. The van der Waals surface area contributed by atoms with Crippen molar-refractivity contribution in [3.8, 4) is 6.07 Å². The van der Waals surface area contributed by atoms with Crippen LogP contribution in [0, 0.1) is 11.3 Å². The van der Waals surface area contributed by atoms with E-state index in [1.165, 1.54) is 0 Å². The Bertz CT molecular complexity index is 1090. The number of benzene rings is 2. The molecule has 3 rings (SSSR count). The number of hydrogen-bond acceptors (Lipinski definition) is 4. The first-order valence-electron chi connectivity index (χ1n) is 7.56. The number of rotatable bonds is 4. The van der Waals surface area contributed by atoms with Crippen molar-refractivity contribution in [1.82, 2.24) is 9.78 Å². The summed E-state index contributed by atoms with van der Waals surface area (Å²) in [6.07, 6.45) is 0.294. The van der Waals surface area contributed by atoms with Crippen molar-refractivity contribution in [2.45, 2.75) is 13.0 Å². The monoisotopic (exact) mass is 334 g/mol. The number of nitrogens with one attached hydrogen (secondary N) is 2. The number of fused-ring (bicyclic) bond motifs is 1. The van der Waals surface area contributed by atoms with Gasteiger partial charge in [-0.2, -0.15) is 5.26 Å².